The van der Waals surface area contributed by atoms with Crippen LogP contribution in [0, 0.1) is 0 Å². The summed E-state index contributed by atoms with van der Waals surface area (Å²) < 4.78 is 6.17. The Kier molecular flexibility index (Phi) is 3.93. The van der Waals surface area contributed by atoms with E-state index in [0.717, 1.165) is 4.90 Å². The highest BCUT2D eigenvalue weighted by molar-refractivity contribution is 9.10. The van der Waals surface area contributed by atoms with Crippen LogP contribution >= 0.6 is 27.5 Å². The van der Waals surface area contributed by atoms with Gasteiger partial charge in [0.25, 0.3) is 11.8 Å². The molecular weight excluding hydrogens is 370 g/mol. The first kappa shape index (κ1) is 15.1. The molecular formula is C16H11BrClNO3. The summed E-state index contributed by atoms with van der Waals surface area (Å²) in [7, 11) is 0. The van der Waals surface area contributed by atoms with Gasteiger partial charge in [0.05, 0.1) is 27.9 Å². The van der Waals surface area contributed by atoms with Crippen LogP contribution in [0.1, 0.15) is 27.6 Å². The summed E-state index contributed by atoms with van der Waals surface area (Å²) in [4.78, 5) is 26.3. The molecule has 0 bridgehead atoms. The Hall–Kier alpha value is -1.85. The second-order valence-corrected chi connectivity index (χ2v) is 5.95. The van der Waals surface area contributed by atoms with Gasteiger partial charge in [0.1, 0.15) is 0 Å². The Morgan fingerprint density at radius 3 is 2.27 bits per heavy atom. The summed E-state index contributed by atoms with van der Waals surface area (Å²) in [6.07, 6.45) is 0. The number of benzene rings is 2. The van der Waals surface area contributed by atoms with E-state index >= 15 is 0 Å². The van der Waals surface area contributed by atoms with Crippen LogP contribution in [0.15, 0.2) is 40.9 Å². The summed E-state index contributed by atoms with van der Waals surface area (Å²) in [6.45, 7) is 2.23. The molecule has 0 spiro atoms. The van der Waals surface area contributed by atoms with E-state index in [4.69, 9.17) is 16.3 Å². The minimum atomic E-state index is -0.379. The molecule has 112 valence electrons. The number of amides is 2. The first-order valence-electron chi connectivity index (χ1n) is 6.64. The molecule has 2 aromatic carbocycles. The lowest BCUT2D eigenvalue weighted by molar-refractivity contribution is 0.0925. The van der Waals surface area contributed by atoms with Gasteiger partial charge in [0, 0.05) is 5.02 Å². The molecule has 0 aliphatic carbocycles. The van der Waals surface area contributed by atoms with E-state index in [2.05, 4.69) is 15.9 Å². The monoisotopic (exact) mass is 379 g/mol. The van der Waals surface area contributed by atoms with Crippen LogP contribution in [-0.4, -0.2) is 18.4 Å². The number of ether oxygens (including phenoxy) is 1. The standard InChI is InChI=1S/C16H11BrClNO3/c1-2-22-14-12(17)7-9(18)8-13(14)19-15(20)10-5-3-4-6-11(10)16(19)21/h3-8H,2H2,1H3. The first-order chi connectivity index (χ1) is 10.5. The van der Waals surface area contributed by atoms with Crippen LogP contribution in [-0.2, 0) is 0 Å². The van der Waals surface area contributed by atoms with Crippen LogP contribution in [0.2, 0.25) is 5.02 Å². The molecule has 0 unspecified atom stereocenters. The molecule has 3 rings (SSSR count). The van der Waals surface area contributed by atoms with Crippen LogP contribution in [0.5, 0.6) is 5.75 Å². The SMILES string of the molecule is CCOc1c(Br)cc(Cl)cc1N1C(=O)c2ccccc2C1=O. The van der Waals surface area contributed by atoms with Gasteiger partial charge in [-0.25, -0.2) is 4.90 Å². The zero-order chi connectivity index (χ0) is 15.9. The fraction of sp³-hybridized carbons (Fsp3) is 0.125. The second-order valence-electron chi connectivity index (χ2n) is 4.66. The van der Waals surface area contributed by atoms with Crippen molar-refractivity contribution < 1.29 is 14.3 Å². The topological polar surface area (TPSA) is 46.6 Å². The molecule has 0 atom stereocenters. The predicted molar refractivity (Wildman–Crippen MR) is 87.9 cm³/mol. The second kappa shape index (κ2) is 5.74. The van der Waals surface area contributed by atoms with Crippen molar-refractivity contribution in [2.24, 2.45) is 0 Å². The van der Waals surface area contributed by atoms with Crippen LogP contribution < -0.4 is 9.64 Å². The maximum absolute atomic E-state index is 12.6. The van der Waals surface area contributed by atoms with Crippen LogP contribution in [0.4, 0.5) is 5.69 Å². The Morgan fingerprint density at radius 1 is 1.14 bits per heavy atom. The van der Waals surface area contributed by atoms with Crippen molar-refractivity contribution in [3.63, 3.8) is 0 Å². The molecule has 0 N–H and O–H groups in total. The number of imide groups is 1. The smallest absolute Gasteiger partial charge is 0.266 e. The lowest BCUT2D eigenvalue weighted by Crippen LogP contribution is -2.30. The molecule has 1 heterocycles. The average molecular weight is 381 g/mol. The normalized spacial score (nSPS) is 13.5. The molecule has 1 aliphatic rings. The minimum absolute atomic E-state index is 0.340. The number of anilines is 1. The quantitative estimate of drug-likeness (QED) is 0.746. The molecule has 1 aliphatic heterocycles. The molecule has 0 saturated carbocycles. The van der Waals surface area contributed by atoms with E-state index in [1.165, 1.54) is 0 Å². The summed E-state index contributed by atoms with van der Waals surface area (Å²) in [5, 5.41) is 0.405. The fourth-order valence-corrected chi connectivity index (χ4v) is 3.32. The summed E-state index contributed by atoms with van der Waals surface area (Å²) >= 11 is 9.43. The third-order valence-electron chi connectivity index (χ3n) is 3.31. The van der Waals surface area contributed by atoms with E-state index in [9.17, 15) is 9.59 Å². The highest BCUT2D eigenvalue weighted by Crippen LogP contribution is 2.41. The summed E-state index contributed by atoms with van der Waals surface area (Å²) in [6, 6.07) is 9.94. The van der Waals surface area contributed by atoms with Crippen molar-refractivity contribution in [1.29, 1.82) is 0 Å². The van der Waals surface area contributed by atoms with Gasteiger partial charge in [-0.2, -0.15) is 0 Å². The van der Waals surface area contributed by atoms with Crippen molar-refractivity contribution in [2.45, 2.75) is 6.92 Å². The number of nitrogens with zero attached hydrogens (tertiary/aromatic N) is 1. The van der Waals surface area contributed by atoms with Gasteiger partial charge < -0.3 is 4.74 Å². The number of hydrogen-bond donors (Lipinski definition) is 0. The number of hydrogen-bond acceptors (Lipinski definition) is 3. The van der Waals surface area contributed by atoms with Crippen molar-refractivity contribution in [1.82, 2.24) is 0 Å². The van der Waals surface area contributed by atoms with E-state index in [0.29, 0.717) is 38.7 Å². The third-order valence-corrected chi connectivity index (χ3v) is 4.12. The van der Waals surface area contributed by atoms with E-state index in [1.54, 1.807) is 36.4 Å². The largest absolute Gasteiger partial charge is 0.490 e. The lowest BCUT2D eigenvalue weighted by atomic mass is 10.1. The number of halogens is 2. The van der Waals surface area contributed by atoms with Crippen molar-refractivity contribution in [2.75, 3.05) is 11.5 Å². The molecule has 0 aromatic heterocycles. The van der Waals surface area contributed by atoms with Crippen molar-refractivity contribution >= 4 is 45.0 Å². The van der Waals surface area contributed by atoms with Gasteiger partial charge in [-0.15, -0.1) is 0 Å². The summed E-state index contributed by atoms with van der Waals surface area (Å²) in [5.41, 5.74) is 1.10. The minimum Gasteiger partial charge on any atom is -0.490 e. The van der Waals surface area contributed by atoms with Crippen molar-refractivity contribution in [3.8, 4) is 5.75 Å². The molecule has 2 amide bonds. The van der Waals surface area contributed by atoms with E-state index in [-0.39, 0.29) is 11.8 Å². The molecule has 0 fully saturated rings. The summed E-state index contributed by atoms with van der Waals surface area (Å²) in [5.74, 6) is -0.340. The zero-order valence-electron chi connectivity index (χ0n) is 11.6. The zero-order valence-corrected chi connectivity index (χ0v) is 13.9. The van der Waals surface area contributed by atoms with Gasteiger partial charge in [0.2, 0.25) is 0 Å². The molecule has 22 heavy (non-hydrogen) atoms. The highest BCUT2D eigenvalue weighted by Gasteiger charge is 2.38. The van der Waals surface area contributed by atoms with Gasteiger partial charge in [-0.1, -0.05) is 23.7 Å². The van der Waals surface area contributed by atoms with Crippen LogP contribution in [0.25, 0.3) is 0 Å². The third kappa shape index (κ3) is 2.30. The Balaban J connectivity index is 2.17. The van der Waals surface area contributed by atoms with Gasteiger partial charge in [0.15, 0.2) is 5.75 Å². The Morgan fingerprint density at radius 2 is 1.73 bits per heavy atom. The van der Waals surface area contributed by atoms with E-state index < -0.39 is 0 Å². The molecule has 0 saturated heterocycles. The molecule has 6 heteroatoms. The maximum atomic E-state index is 12.6. The lowest BCUT2D eigenvalue weighted by Gasteiger charge is -2.19. The molecule has 2 aromatic rings. The predicted octanol–water partition coefficient (Wildman–Crippen LogP) is 4.30. The highest BCUT2D eigenvalue weighted by atomic mass is 79.9. The van der Waals surface area contributed by atoms with Gasteiger partial charge in [-0.3, -0.25) is 9.59 Å². The Bertz CT molecular complexity index is 756. The number of rotatable bonds is 3. The molecule has 0 radical (unpaired) electrons. The fourth-order valence-electron chi connectivity index (χ4n) is 2.41. The first-order valence-corrected chi connectivity index (χ1v) is 7.81. The van der Waals surface area contributed by atoms with E-state index in [1.807, 2.05) is 6.92 Å². The number of fused-ring (bicyclic) bond motifs is 1. The number of carbonyl (C=O) groups is 2. The number of carbonyl (C=O) groups excluding carboxylic acids is 2. The molecule has 4 nitrogen and oxygen atoms in total. The van der Waals surface area contributed by atoms with Gasteiger partial charge >= 0.3 is 0 Å². The van der Waals surface area contributed by atoms with Crippen LogP contribution in [0.3, 0.4) is 0 Å². The Labute approximate surface area is 140 Å². The van der Waals surface area contributed by atoms with Crippen molar-refractivity contribution in [3.05, 3.63) is 57.0 Å². The maximum Gasteiger partial charge on any atom is 0.266 e. The average Bonchev–Trinajstić information content (AvgIpc) is 2.74. The van der Waals surface area contributed by atoms with Gasteiger partial charge in [-0.05, 0) is 47.1 Å².